The number of hydrogen-bond acceptors (Lipinski definition) is 3. The summed E-state index contributed by atoms with van der Waals surface area (Å²) in [7, 11) is 0. The van der Waals surface area contributed by atoms with Gasteiger partial charge in [0.05, 0.1) is 0 Å². The first-order valence-corrected chi connectivity index (χ1v) is 5.30. The van der Waals surface area contributed by atoms with Crippen molar-refractivity contribution in [2.45, 2.75) is 19.8 Å². The average molecular weight is 232 g/mol. The molecule has 2 aromatic rings. The van der Waals surface area contributed by atoms with Gasteiger partial charge in [0.25, 0.3) is 0 Å². The van der Waals surface area contributed by atoms with Crippen LogP contribution in [0.2, 0.25) is 0 Å². The molecule has 88 valence electrons. The molecular formula is C13H12O4. The minimum absolute atomic E-state index is 0.206. The number of carboxylic acid groups (broad SMARTS) is 1. The molecule has 0 aliphatic rings. The van der Waals surface area contributed by atoms with E-state index in [2.05, 4.69) is 0 Å². The lowest BCUT2D eigenvalue weighted by atomic mass is 10.0. The van der Waals surface area contributed by atoms with Crippen molar-refractivity contribution in [2.75, 3.05) is 0 Å². The summed E-state index contributed by atoms with van der Waals surface area (Å²) in [6.07, 6.45) is 0. The van der Waals surface area contributed by atoms with Gasteiger partial charge in [-0.05, 0) is 17.5 Å². The Morgan fingerprint density at radius 3 is 2.65 bits per heavy atom. The van der Waals surface area contributed by atoms with Gasteiger partial charge in [-0.2, -0.15) is 0 Å². The van der Waals surface area contributed by atoms with Gasteiger partial charge in [-0.15, -0.1) is 0 Å². The van der Waals surface area contributed by atoms with E-state index in [-0.39, 0.29) is 11.5 Å². The van der Waals surface area contributed by atoms with Crippen molar-refractivity contribution in [3.63, 3.8) is 0 Å². The Hall–Kier alpha value is -2.10. The number of aromatic carboxylic acids is 1. The van der Waals surface area contributed by atoms with Crippen molar-refractivity contribution >= 4 is 16.9 Å². The number of hydrogen-bond donors (Lipinski definition) is 1. The third-order valence-electron chi connectivity index (χ3n) is 2.64. The number of para-hydroxylation sites is 1. The predicted molar refractivity (Wildman–Crippen MR) is 63.5 cm³/mol. The Bertz CT molecular complexity index is 637. The van der Waals surface area contributed by atoms with Gasteiger partial charge in [0.15, 0.2) is 0 Å². The summed E-state index contributed by atoms with van der Waals surface area (Å²) in [5.41, 5.74) is 0.227. The number of fused-ring (bicyclic) bond motifs is 1. The monoisotopic (exact) mass is 232 g/mol. The van der Waals surface area contributed by atoms with Crippen LogP contribution in [-0.2, 0) is 0 Å². The fourth-order valence-corrected chi connectivity index (χ4v) is 1.77. The van der Waals surface area contributed by atoms with Crippen molar-refractivity contribution in [1.29, 1.82) is 0 Å². The molecule has 0 saturated carbocycles. The van der Waals surface area contributed by atoms with E-state index in [9.17, 15) is 9.59 Å². The number of rotatable bonds is 2. The molecular weight excluding hydrogens is 220 g/mol. The summed E-state index contributed by atoms with van der Waals surface area (Å²) in [4.78, 5) is 22.3. The average Bonchev–Trinajstić information content (AvgIpc) is 2.26. The highest BCUT2D eigenvalue weighted by molar-refractivity contribution is 5.92. The third-order valence-corrected chi connectivity index (χ3v) is 2.64. The van der Waals surface area contributed by atoms with Crippen LogP contribution in [0.3, 0.4) is 0 Å². The largest absolute Gasteiger partial charge is 0.477 e. The van der Waals surface area contributed by atoms with Crippen LogP contribution in [-0.4, -0.2) is 11.1 Å². The molecule has 1 heterocycles. The lowest BCUT2D eigenvalue weighted by Gasteiger charge is -2.08. The second kappa shape index (κ2) is 4.05. The summed E-state index contributed by atoms with van der Waals surface area (Å²) >= 11 is 0. The molecule has 0 amide bonds. The molecule has 1 aromatic carbocycles. The number of benzene rings is 1. The Morgan fingerprint density at radius 1 is 1.35 bits per heavy atom. The maximum absolute atomic E-state index is 11.5. The number of carboxylic acids is 1. The van der Waals surface area contributed by atoms with Crippen LogP contribution in [0.4, 0.5) is 0 Å². The molecule has 0 aliphatic carbocycles. The lowest BCUT2D eigenvalue weighted by molar-refractivity contribution is 0.0692. The summed E-state index contributed by atoms with van der Waals surface area (Å²) in [5.74, 6) is -1.06. The van der Waals surface area contributed by atoms with E-state index in [1.165, 1.54) is 6.07 Å². The van der Waals surface area contributed by atoms with Gasteiger partial charge in [0.2, 0.25) is 0 Å². The molecule has 1 N–H and O–H groups in total. The van der Waals surface area contributed by atoms with Crippen molar-refractivity contribution in [2.24, 2.45) is 0 Å². The van der Waals surface area contributed by atoms with Gasteiger partial charge < -0.3 is 9.52 Å². The molecule has 0 aliphatic heterocycles. The van der Waals surface area contributed by atoms with Crippen LogP contribution in [0.15, 0.2) is 33.5 Å². The van der Waals surface area contributed by atoms with Crippen molar-refractivity contribution < 1.29 is 14.3 Å². The Morgan fingerprint density at radius 2 is 2.06 bits per heavy atom. The zero-order valence-corrected chi connectivity index (χ0v) is 9.56. The topological polar surface area (TPSA) is 67.5 Å². The molecule has 17 heavy (non-hydrogen) atoms. The van der Waals surface area contributed by atoms with Crippen LogP contribution < -0.4 is 5.63 Å². The normalized spacial score (nSPS) is 11.0. The van der Waals surface area contributed by atoms with Crippen LogP contribution in [0.25, 0.3) is 11.0 Å². The molecule has 1 aromatic heterocycles. The first-order valence-electron chi connectivity index (χ1n) is 5.30. The van der Waals surface area contributed by atoms with Crippen LogP contribution in [0, 0.1) is 0 Å². The van der Waals surface area contributed by atoms with E-state index in [0.29, 0.717) is 11.0 Å². The van der Waals surface area contributed by atoms with E-state index >= 15 is 0 Å². The molecule has 0 unspecified atom stereocenters. The molecule has 0 fully saturated rings. The van der Waals surface area contributed by atoms with Gasteiger partial charge in [-0.3, -0.25) is 0 Å². The zero-order valence-electron chi connectivity index (χ0n) is 9.56. The molecule has 0 atom stereocenters. The zero-order chi connectivity index (χ0) is 12.6. The Balaban J connectivity index is 2.83. The van der Waals surface area contributed by atoms with Gasteiger partial charge in [0.1, 0.15) is 11.1 Å². The Kier molecular flexibility index (Phi) is 2.71. The van der Waals surface area contributed by atoms with E-state index in [1.807, 2.05) is 26.0 Å². The first-order chi connectivity index (χ1) is 8.00. The predicted octanol–water partition coefficient (Wildman–Crippen LogP) is 2.61. The minimum Gasteiger partial charge on any atom is -0.477 e. The molecule has 4 nitrogen and oxygen atoms in total. The van der Waals surface area contributed by atoms with Gasteiger partial charge in [-0.25, -0.2) is 9.59 Å². The smallest absolute Gasteiger partial charge is 0.351 e. The molecule has 0 spiro atoms. The van der Waals surface area contributed by atoms with Gasteiger partial charge >= 0.3 is 11.6 Å². The quantitative estimate of drug-likeness (QED) is 0.808. The minimum atomic E-state index is -1.27. The molecule has 2 rings (SSSR count). The highest BCUT2D eigenvalue weighted by atomic mass is 16.4. The molecule has 0 bridgehead atoms. The van der Waals surface area contributed by atoms with Gasteiger partial charge in [-0.1, -0.05) is 32.0 Å². The van der Waals surface area contributed by atoms with Crippen LogP contribution >= 0.6 is 0 Å². The van der Waals surface area contributed by atoms with Crippen LogP contribution in [0.5, 0.6) is 0 Å². The Labute approximate surface area is 97.5 Å². The fourth-order valence-electron chi connectivity index (χ4n) is 1.77. The standard InChI is InChI=1S/C13H12O4/c1-7(2)9-5-3-4-8-6-10(12(14)15)13(16)17-11(8)9/h3-7H,1-2H3,(H,14,15). The van der Waals surface area contributed by atoms with E-state index in [1.54, 1.807) is 6.07 Å². The highest BCUT2D eigenvalue weighted by Gasteiger charge is 2.14. The summed E-state index contributed by atoms with van der Waals surface area (Å²) in [6.45, 7) is 3.97. The van der Waals surface area contributed by atoms with Crippen molar-refractivity contribution in [3.8, 4) is 0 Å². The maximum atomic E-state index is 11.5. The van der Waals surface area contributed by atoms with Crippen molar-refractivity contribution in [3.05, 3.63) is 45.8 Å². The summed E-state index contributed by atoms with van der Waals surface area (Å²) in [6, 6.07) is 6.78. The molecule has 4 heteroatoms. The van der Waals surface area contributed by atoms with E-state index in [4.69, 9.17) is 9.52 Å². The van der Waals surface area contributed by atoms with Gasteiger partial charge in [0, 0.05) is 5.39 Å². The summed E-state index contributed by atoms with van der Waals surface area (Å²) in [5, 5.41) is 9.48. The molecule has 0 saturated heterocycles. The fraction of sp³-hybridized carbons (Fsp3) is 0.231. The first kappa shape index (κ1) is 11.4. The molecule has 0 radical (unpaired) electrons. The van der Waals surface area contributed by atoms with Crippen LogP contribution in [0.1, 0.15) is 35.7 Å². The second-order valence-electron chi connectivity index (χ2n) is 4.17. The van der Waals surface area contributed by atoms with E-state index in [0.717, 1.165) is 5.56 Å². The highest BCUT2D eigenvalue weighted by Crippen LogP contribution is 2.24. The number of carbonyl (C=O) groups is 1. The maximum Gasteiger partial charge on any atom is 0.351 e. The third kappa shape index (κ3) is 1.93. The second-order valence-corrected chi connectivity index (χ2v) is 4.17. The SMILES string of the molecule is CC(C)c1cccc2cc(C(=O)O)c(=O)oc12. The lowest BCUT2D eigenvalue weighted by Crippen LogP contribution is -2.13. The van der Waals surface area contributed by atoms with E-state index < -0.39 is 11.6 Å². The van der Waals surface area contributed by atoms with Crippen molar-refractivity contribution in [1.82, 2.24) is 0 Å². The summed E-state index contributed by atoms with van der Waals surface area (Å²) < 4.78 is 5.11.